The van der Waals surface area contributed by atoms with Crippen LogP contribution in [0.4, 0.5) is 4.79 Å². The minimum absolute atomic E-state index is 0.219. The Morgan fingerprint density at radius 3 is 2.57 bits per heavy atom. The van der Waals surface area contributed by atoms with Crippen molar-refractivity contribution < 1.29 is 9.59 Å². The molecule has 4 rings (SSSR count). The van der Waals surface area contributed by atoms with E-state index in [1.54, 1.807) is 11.9 Å². The van der Waals surface area contributed by atoms with Gasteiger partial charge in [0.2, 0.25) is 5.96 Å². The maximum atomic E-state index is 13.1. The quantitative estimate of drug-likeness (QED) is 0.737. The number of urea groups is 1. The first kappa shape index (κ1) is 18.3. The minimum atomic E-state index is -0.520. The van der Waals surface area contributed by atoms with Crippen molar-refractivity contribution in [2.75, 3.05) is 20.1 Å². The molecule has 1 aromatic rings. The first-order chi connectivity index (χ1) is 13.4. The molecule has 146 valence electrons. The SMILES string of the molecule is C=C(C)CN1C(=O)C2C(N=C3N(CCc4ccccc4)C(C)=CN32)N(C)C1=O. The zero-order valence-corrected chi connectivity index (χ0v) is 16.5. The van der Waals surface area contributed by atoms with E-state index >= 15 is 0 Å². The van der Waals surface area contributed by atoms with Crippen LogP contribution in [0.3, 0.4) is 0 Å². The number of allylic oxidation sites excluding steroid dienone is 1. The van der Waals surface area contributed by atoms with Crippen LogP contribution in [-0.4, -0.2) is 69.8 Å². The van der Waals surface area contributed by atoms with Crippen LogP contribution in [0.15, 0.2) is 59.4 Å². The van der Waals surface area contributed by atoms with E-state index in [2.05, 4.69) is 23.6 Å². The smallest absolute Gasteiger partial charge is 0.314 e. The predicted octanol–water partition coefficient (Wildman–Crippen LogP) is 2.24. The lowest BCUT2D eigenvalue weighted by Gasteiger charge is -2.40. The number of carbonyl (C=O) groups is 2. The Hall–Kier alpha value is -3.09. The summed E-state index contributed by atoms with van der Waals surface area (Å²) in [5, 5.41) is 0. The van der Waals surface area contributed by atoms with Gasteiger partial charge in [-0.2, -0.15) is 0 Å². The topological polar surface area (TPSA) is 59.5 Å². The molecule has 28 heavy (non-hydrogen) atoms. The van der Waals surface area contributed by atoms with Crippen LogP contribution in [0.25, 0.3) is 0 Å². The molecule has 1 fully saturated rings. The number of fused-ring (bicyclic) bond motifs is 3. The van der Waals surface area contributed by atoms with Crippen molar-refractivity contribution in [2.45, 2.75) is 32.5 Å². The number of nitrogens with zero attached hydrogens (tertiary/aromatic N) is 5. The summed E-state index contributed by atoms with van der Waals surface area (Å²) in [7, 11) is 1.70. The Kier molecular flexibility index (Phi) is 4.45. The highest BCUT2D eigenvalue weighted by Crippen LogP contribution is 2.34. The van der Waals surface area contributed by atoms with E-state index in [-0.39, 0.29) is 18.5 Å². The van der Waals surface area contributed by atoms with Gasteiger partial charge in [-0.05, 0) is 25.8 Å². The van der Waals surface area contributed by atoms with Gasteiger partial charge >= 0.3 is 6.03 Å². The third kappa shape index (κ3) is 2.87. The number of likely N-dealkylation sites (N-methyl/N-ethyl adjacent to an activating group) is 1. The molecule has 3 amide bonds. The van der Waals surface area contributed by atoms with Crippen LogP contribution in [-0.2, 0) is 11.2 Å². The maximum Gasteiger partial charge on any atom is 0.328 e. The van der Waals surface area contributed by atoms with Crippen molar-refractivity contribution in [3.05, 3.63) is 59.9 Å². The number of amides is 3. The van der Waals surface area contributed by atoms with Crippen LogP contribution in [0.2, 0.25) is 0 Å². The normalized spacial score (nSPS) is 23.7. The Balaban J connectivity index is 1.57. The summed E-state index contributed by atoms with van der Waals surface area (Å²) in [6.45, 7) is 8.68. The van der Waals surface area contributed by atoms with Crippen molar-refractivity contribution in [1.29, 1.82) is 0 Å². The van der Waals surface area contributed by atoms with Crippen LogP contribution in [0.1, 0.15) is 19.4 Å². The van der Waals surface area contributed by atoms with E-state index in [9.17, 15) is 9.59 Å². The van der Waals surface area contributed by atoms with Gasteiger partial charge in [0, 0.05) is 25.5 Å². The summed E-state index contributed by atoms with van der Waals surface area (Å²) >= 11 is 0. The number of hydrogen-bond acceptors (Lipinski definition) is 5. The number of aliphatic imine (C=N–C) groups is 1. The van der Waals surface area contributed by atoms with Gasteiger partial charge in [0.25, 0.3) is 5.91 Å². The zero-order valence-electron chi connectivity index (χ0n) is 16.5. The lowest BCUT2D eigenvalue weighted by atomic mass is 10.1. The Morgan fingerprint density at radius 1 is 1.18 bits per heavy atom. The van der Waals surface area contributed by atoms with Gasteiger partial charge < -0.3 is 14.7 Å². The first-order valence-electron chi connectivity index (χ1n) is 9.47. The Labute approximate surface area is 165 Å². The van der Waals surface area contributed by atoms with Crippen LogP contribution < -0.4 is 0 Å². The summed E-state index contributed by atoms with van der Waals surface area (Å²) in [6.07, 6.45) is 2.34. The molecule has 2 unspecified atom stereocenters. The van der Waals surface area contributed by atoms with Crippen molar-refractivity contribution in [3.63, 3.8) is 0 Å². The molecule has 3 heterocycles. The van der Waals surface area contributed by atoms with Gasteiger partial charge in [-0.25, -0.2) is 9.79 Å². The molecule has 3 aliphatic heterocycles. The molecular formula is C21H25N5O2. The number of imide groups is 1. The molecule has 0 saturated carbocycles. The van der Waals surface area contributed by atoms with E-state index < -0.39 is 12.2 Å². The average molecular weight is 379 g/mol. The molecule has 1 saturated heterocycles. The molecule has 0 spiro atoms. The maximum absolute atomic E-state index is 13.1. The van der Waals surface area contributed by atoms with Crippen LogP contribution in [0, 0.1) is 0 Å². The van der Waals surface area contributed by atoms with E-state index in [1.165, 1.54) is 10.5 Å². The third-order valence-corrected chi connectivity index (χ3v) is 5.40. The van der Waals surface area contributed by atoms with Gasteiger partial charge in [0.05, 0.1) is 6.54 Å². The minimum Gasteiger partial charge on any atom is -0.314 e. The second kappa shape index (κ2) is 6.82. The van der Waals surface area contributed by atoms with E-state index in [0.29, 0.717) is 0 Å². The van der Waals surface area contributed by atoms with Crippen LogP contribution in [0.5, 0.6) is 0 Å². The fourth-order valence-corrected chi connectivity index (χ4v) is 3.98. The molecule has 0 aromatic heterocycles. The molecule has 3 aliphatic rings. The first-order valence-corrected chi connectivity index (χ1v) is 9.47. The van der Waals surface area contributed by atoms with E-state index in [1.807, 2.05) is 43.1 Å². The van der Waals surface area contributed by atoms with Crippen molar-refractivity contribution in [3.8, 4) is 0 Å². The third-order valence-electron chi connectivity index (χ3n) is 5.40. The van der Waals surface area contributed by atoms with Gasteiger partial charge in [-0.15, -0.1) is 0 Å². The summed E-state index contributed by atoms with van der Waals surface area (Å²) in [5.74, 6) is 0.525. The number of guanidine groups is 1. The van der Waals surface area contributed by atoms with Gasteiger partial charge in [-0.1, -0.05) is 42.5 Å². The largest absolute Gasteiger partial charge is 0.328 e. The molecule has 1 aromatic carbocycles. The van der Waals surface area contributed by atoms with Crippen LogP contribution >= 0.6 is 0 Å². The zero-order chi connectivity index (χ0) is 20.0. The lowest BCUT2D eigenvalue weighted by molar-refractivity contribution is -0.136. The molecule has 0 bridgehead atoms. The Morgan fingerprint density at radius 2 is 1.89 bits per heavy atom. The fraction of sp³-hybridized carbons (Fsp3) is 0.381. The molecule has 7 nitrogen and oxygen atoms in total. The number of benzene rings is 1. The standard InChI is InChI=1S/C21H25N5O2/c1-14(2)12-26-19(27)17-18(23(4)21(26)28)22-20-24(15(3)13-25(17)20)11-10-16-8-6-5-7-9-16/h5-9,13,17-18H,1,10-12H2,2-4H3. The molecule has 0 N–H and O–H groups in total. The lowest BCUT2D eigenvalue weighted by Crippen LogP contribution is -2.64. The summed E-state index contributed by atoms with van der Waals surface area (Å²) in [4.78, 5) is 37.4. The van der Waals surface area contributed by atoms with Gasteiger partial charge in [-0.3, -0.25) is 9.69 Å². The highest BCUT2D eigenvalue weighted by molar-refractivity contribution is 6.05. The molecule has 0 aliphatic carbocycles. The Bertz CT molecular complexity index is 891. The summed E-state index contributed by atoms with van der Waals surface area (Å²) < 4.78 is 0. The molecular weight excluding hydrogens is 354 g/mol. The van der Waals surface area contributed by atoms with Gasteiger partial charge in [0.1, 0.15) is 0 Å². The monoisotopic (exact) mass is 379 g/mol. The highest BCUT2D eigenvalue weighted by atomic mass is 16.2. The number of rotatable bonds is 5. The predicted molar refractivity (Wildman–Crippen MR) is 107 cm³/mol. The summed E-state index contributed by atoms with van der Waals surface area (Å²) in [6, 6.07) is 9.44. The second-order valence-electron chi connectivity index (χ2n) is 7.63. The van der Waals surface area contributed by atoms with Crippen molar-refractivity contribution >= 4 is 17.9 Å². The number of hydrogen-bond donors (Lipinski definition) is 0. The van der Waals surface area contributed by atoms with Crippen molar-refractivity contribution in [1.82, 2.24) is 19.6 Å². The molecule has 0 radical (unpaired) electrons. The molecule has 7 heteroatoms. The number of carbonyl (C=O) groups excluding carboxylic acids is 2. The van der Waals surface area contributed by atoms with Crippen molar-refractivity contribution in [2.24, 2.45) is 4.99 Å². The van der Waals surface area contributed by atoms with Gasteiger partial charge in [0.15, 0.2) is 12.2 Å². The fourth-order valence-electron chi connectivity index (χ4n) is 3.98. The second-order valence-corrected chi connectivity index (χ2v) is 7.63. The highest BCUT2D eigenvalue weighted by Gasteiger charge is 2.54. The van der Waals surface area contributed by atoms with E-state index in [0.717, 1.165) is 30.2 Å². The summed E-state index contributed by atoms with van der Waals surface area (Å²) in [5.41, 5.74) is 3.07. The molecule has 2 atom stereocenters. The van der Waals surface area contributed by atoms with E-state index in [4.69, 9.17) is 4.99 Å². The average Bonchev–Trinajstić information content (AvgIpc) is 3.17.